The number of hydrogen-bond acceptors (Lipinski definition) is 10. The maximum atomic E-state index is 12.4. The van der Waals surface area contributed by atoms with E-state index in [1.807, 2.05) is 6.07 Å². The molecule has 0 unspecified atom stereocenters. The van der Waals surface area contributed by atoms with Gasteiger partial charge in [-0.05, 0) is 19.1 Å². The lowest BCUT2D eigenvalue weighted by atomic mass is 9.96. The Kier molecular flexibility index (Phi) is 7.34. The van der Waals surface area contributed by atoms with Crippen LogP contribution in [0.1, 0.15) is 34.8 Å². The van der Waals surface area contributed by atoms with Crippen molar-refractivity contribution in [1.29, 1.82) is 0 Å². The third-order valence-corrected chi connectivity index (χ3v) is 5.35. The lowest BCUT2D eigenvalue weighted by molar-refractivity contribution is -0.135. The minimum Gasteiger partial charge on any atom is -0.492 e. The van der Waals surface area contributed by atoms with Gasteiger partial charge >= 0.3 is 5.97 Å². The zero-order chi connectivity index (χ0) is 24.8. The summed E-state index contributed by atoms with van der Waals surface area (Å²) in [5, 5.41) is 8.00. The summed E-state index contributed by atoms with van der Waals surface area (Å²) in [6, 6.07) is 8.70. The van der Waals surface area contributed by atoms with Gasteiger partial charge in [0.2, 0.25) is 18.3 Å². The maximum Gasteiger partial charge on any atom is 0.356 e. The first-order chi connectivity index (χ1) is 17.1. The number of benzene rings is 2. The number of methoxy groups -OCH3 is 2. The molecule has 2 aromatic carbocycles. The molecule has 0 aliphatic carbocycles. The Morgan fingerprint density at radius 2 is 1.86 bits per heavy atom. The Balaban J connectivity index is 1.64. The van der Waals surface area contributed by atoms with Crippen LogP contribution in [0.4, 0.5) is 0 Å². The second-order valence-electron chi connectivity index (χ2n) is 7.48. The molecule has 0 spiro atoms. The van der Waals surface area contributed by atoms with Gasteiger partial charge in [-0.25, -0.2) is 10.2 Å². The highest BCUT2D eigenvalue weighted by Crippen LogP contribution is 2.52. The molecule has 35 heavy (non-hydrogen) atoms. The zero-order valence-corrected chi connectivity index (χ0v) is 19.5. The van der Waals surface area contributed by atoms with E-state index in [2.05, 4.69) is 15.7 Å². The molecule has 0 radical (unpaired) electrons. The van der Waals surface area contributed by atoms with Gasteiger partial charge in [0, 0.05) is 29.5 Å². The molecule has 2 heterocycles. The maximum absolute atomic E-state index is 12.4. The Morgan fingerprint density at radius 3 is 2.54 bits per heavy atom. The van der Waals surface area contributed by atoms with Gasteiger partial charge < -0.3 is 28.5 Å². The molecular formula is C24H25N3O8. The van der Waals surface area contributed by atoms with Crippen LogP contribution in [0, 0.1) is 0 Å². The minimum atomic E-state index is -0.518. The summed E-state index contributed by atoms with van der Waals surface area (Å²) in [7, 11) is 2.99. The normalized spacial score (nSPS) is 16.0. The second kappa shape index (κ2) is 10.8. The van der Waals surface area contributed by atoms with E-state index < -0.39 is 12.1 Å². The number of nitrogens with zero attached hydrogens (tertiary/aromatic N) is 2. The number of oxime groups is 1. The van der Waals surface area contributed by atoms with E-state index in [1.165, 1.54) is 20.4 Å². The zero-order valence-electron chi connectivity index (χ0n) is 19.5. The standard InChI is InChI=1S/C24H25N3O8/c1-4-32-24(29)18-11-15(35-27-18)10-16-17(12-25-26-23(28)14-8-6-5-7-9-14)20(31-3)22-21(19(16)30-2)33-13-34-22/h5-9,12,15H,4,10-11,13H2,1-3H3,(H,26,28)/b25-12+/t15-/m1/s1. The van der Waals surface area contributed by atoms with Crippen molar-refractivity contribution < 1.29 is 38.1 Å². The van der Waals surface area contributed by atoms with Crippen LogP contribution in [0.5, 0.6) is 23.0 Å². The molecule has 0 saturated carbocycles. The molecule has 1 N–H and O–H groups in total. The van der Waals surface area contributed by atoms with Crippen molar-refractivity contribution in [3.05, 3.63) is 47.0 Å². The summed E-state index contributed by atoms with van der Waals surface area (Å²) in [6.45, 7) is 1.95. The largest absolute Gasteiger partial charge is 0.492 e. The minimum absolute atomic E-state index is 0.0110. The quantitative estimate of drug-likeness (QED) is 0.327. The van der Waals surface area contributed by atoms with Crippen molar-refractivity contribution in [3.63, 3.8) is 0 Å². The topological polar surface area (TPSA) is 126 Å². The van der Waals surface area contributed by atoms with Gasteiger partial charge in [-0.2, -0.15) is 5.10 Å². The number of rotatable bonds is 9. The predicted molar refractivity (Wildman–Crippen MR) is 124 cm³/mol. The van der Waals surface area contributed by atoms with E-state index in [9.17, 15) is 9.59 Å². The molecule has 0 aromatic heterocycles. The van der Waals surface area contributed by atoms with E-state index in [0.29, 0.717) is 39.7 Å². The molecule has 4 rings (SSSR count). The fourth-order valence-electron chi connectivity index (χ4n) is 3.80. The average Bonchev–Trinajstić information content (AvgIpc) is 3.55. The summed E-state index contributed by atoms with van der Waals surface area (Å²) in [6.07, 6.45) is 1.50. The van der Waals surface area contributed by atoms with Crippen molar-refractivity contribution in [2.24, 2.45) is 10.3 Å². The average molecular weight is 483 g/mol. The van der Waals surface area contributed by atoms with Gasteiger partial charge in [0.05, 0.1) is 27.0 Å². The van der Waals surface area contributed by atoms with E-state index in [-0.39, 0.29) is 37.9 Å². The first-order valence-electron chi connectivity index (χ1n) is 10.9. The Bertz CT molecular complexity index is 1160. The Hall–Kier alpha value is -4.28. The van der Waals surface area contributed by atoms with Crippen LogP contribution in [0.2, 0.25) is 0 Å². The molecule has 2 aromatic rings. The number of esters is 1. The predicted octanol–water partition coefficient (Wildman–Crippen LogP) is 2.45. The number of carbonyl (C=O) groups is 2. The van der Waals surface area contributed by atoms with E-state index >= 15 is 0 Å². The first-order valence-corrected chi connectivity index (χ1v) is 10.9. The van der Waals surface area contributed by atoms with Gasteiger partial charge in [0.1, 0.15) is 6.10 Å². The molecule has 0 saturated heterocycles. The monoisotopic (exact) mass is 483 g/mol. The molecule has 11 heteroatoms. The number of fused-ring (bicyclic) bond motifs is 1. The van der Waals surface area contributed by atoms with Gasteiger partial charge in [0.15, 0.2) is 17.2 Å². The van der Waals surface area contributed by atoms with Gasteiger partial charge in [-0.3, -0.25) is 4.79 Å². The molecule has 1 atom stereocenters. The Morgan fingerprint density at radius 1 is 1.14 bits per heavy atom. The van der Waals surface area contributed by atoms with Crippen LogP contribution in [0.3, 0.4) is 0 Å². The molecule has 2 aliphatic heterocycles. The molecule has 0 bridgehead atoms. The molecule has 2 aliphatic rings. The number of ether oxygens (including phenoxy) is 5. The van der Waals surface area contributed by atoms with E-state index in [0.717, 1.165) is 0 Å². The summed E-state index contributed by atoms with van der Waals surface area (Å²) >= 11 is 0. The fraction of sp³-hybridized carbons (Fsp3) is 0.333. The van der Waals surface area contributed by atoms with Gasteiger partial charge in [-0.15, -0.1) is 0 Å². The van der Waals surface area contributed by atoms with Crippen molar-refractivity contribution in [1.82, 2.24) is 5.43 Å². The van der Waals surface area contributed by atoms with Crippen LogP contribution in [-0.4, -0.2) is 57.5 Å². The van der Waals surface area contributed by atoms with E-state index in [4.69, 9.17) is 28.5 Å². The highest BCUT2D eigenvalue weighted by Gasteiger charge is 2.34. The van der Waals surface area contributed by atoms with Gasteiger partial charge in [0.25, 0.3) is 5.91 Å². The highest BCUT2D eigenvalue weighted by atomic mass is 16.7. The fourth-order valence-corrected chi connectivity index (χ4v) is 3.80. The molecular weight excluding hydrogens is 458 g/mol. The molecule has 11 nitrogen and oxygen atoms in total. The molecule has 1 amide bonds. The number of nitrogens with one attached hydrogen (secondary N) is 1. The van der Waals surface area contributed by atoms with Crippen LogP contribution >= 0.6 is 0 Å². The van der Waals surface area contributed by atoms with Crippen LogP contribution < -0.4 is 24.4 Å². The van der Waals surface area contributed by atoms with Crippen LogP contribution in [0.15, 0.2) is 40.6 Å². The number of carbonyl (C=O) groups excluding carboxylic acids is 2. The third-order valence-electron chi connectivity index (χ3n) is 5.35. The number of hydrogen-bond donors (Lipinski definition) is 1. The second-order valence-corrected chi connectivity index (χ2v) is 7.48. The lowest BCUT2D eigenvalue weighted by Crippen LogP contribution is -2.20. The third kappa shape index (κ3) is 4.98. The number of hydrazone groups is 1. The van der Waals surface area contributed by atoms with Crippen LogP contribution in [0.25, 0.3) is 0 Å². The van der Waals surface area contributed by atoms with Crippen LogP contribution in [-0.2, 0) is 20.8 Å². The van der Waals surface area contributed by atoms with E-state index in [1.54, 1.807) is 31.2 Å². The van der Waals surface area contributed by atoms with Crippen molar-refractivity contribution >= 4 is 23.8 Å². The van der Waals surface area contributed by atoms with Crippen molar-refractivity contribution in [2.45, 2.75) is 25.9 Å². The SMILES string of the molecule is CCOC(=O)C1=NO[C@H](Cc2c(/C=N/NC(=O)c3ccccc3)c(OC)c3c(c2OC)OCO3)C1. The molecule has 0 fully saturated rings. The van der Waals surface area contributed by atoms with Gasteiger partial charge in [-0.1, -0.05) is 23.4 Å². The summed E-state index contributed by atoms with van der Waals surface area (Å²) in [5.41, 5.74) is 4.29. The number of amides is 1. The highest BCUT2D eigenvalue weighted by molar-refractivity contribution is 6.36. The summed E-state index contributed by atoms with van der Waals surface area (Å²) in [4.78, 5) is 29.9. The first kappa shape index (κ1) is 23.9. The van der Waals surface area contributed by atoms with Crippen molar-refractivity contribution in [3.8, 4) is 23.0 Å². The smallest absolute Gasteiger partial charge is 0.356 e. The Labute approximate surface area is 201 Å². The lowest BCUT2D eigenvalue weighted by Gasteiger charge is -2.19. The summed E-state index contributed by atoms with van der Waals surface area (Å²) in [5.74, 6) is 0.615. The summed E-state index contributed by atoms with van der Waals surface area (Å²) < 4.78 is 27.5. The molecule has 184 valence electrons. The van der Waals surface area contributed by atoms with Crippen molar-refractivity contribution in [2.75, 3.05) is 27.6 Å².